The number of nitrogens with two attached hydrogens (primary N) is 2. The summed E-state index contributed by atoms with van der Waals surface area (Å²) in [5.41, 5.74) is 12.8. The maximum atomic E-state index is 5.75. The predicted molar refractivity (Wildman–Crippen MR) is 73.3 cm³/mol. The van der Waals surface area contributed by atoms with Crippen molar-refractivity contribution in [1.29, 1.82) is 0 Å². The van der Waals surface area contributed by atoms with Gasteiger partial charge in [-0.05, 0) is 42.5 Å². The summed E-state index contributed by atoms with van der Waals surface area (Å²) in [5, 5.41) is 0. The third-order valence-corrected chi connectivity index (χ3v) is 4.26. The highest BCUT2D eigenvalue weighted by molar-refractivity contribution is 9.10. The van der Waals surface area contributed by atoms with Crippen molar-refractivity contribution in [3.8, 4) is 0 Å². The maximum Gasteiger partial charge on any atom is 0.0210 e. The van der Waals surface area contributed by atoms with Crippen LogP contribution in [0.3, 0.4) is 0 Å². The first kappa shape index (κ1) is 13.7. The molecule has 0 radical (unpaired) electrons. The van der Waals surface area contributed by atoms with Crippen LogP contribution < -0.4 is 11.5 Å². The Morgan fingerprint density at radius 1 is 1.12 bits per heavy atom. The van der Waals surface area contributed by atoms with Gasteiger partial charge in [0.25, 0.3) is 0 Å². The molecule has 0 aliphatic heterocycles. The first-order chi connectivity index (χ1) is 7.61. The van der Waals surface area contributed by atoms with E-state index in [1.807, 2.05) is 6.07 Å². The minimum absolute atomic E-state index is 0.391. The third kappa shape index (κ3) is 3.06. The minimum atomic E-state index is 0.391. The molecule has 2 atom stereocenters. The van der Waals surface area contributed by atoms with E-state index in [1.54, 1.807) is 0 Å². The summed E-state index contributed by atoms with van der Waals surface area (Å²) < 4.78 is 1.17. The first-order valence-electron chi connectivity index (χ1n) is 5.76. The smallest absolute Gasteiger partial charge is 0.0210 e. The van der Waals surface area contributed by atoms with Crippen LogP contribution >= 0.6 is 15.9 Å². The van der Waals surface area contributed by atoms with Crippen molar-refractivity contribution in [2.24, 2.45) is 23.3 Å². The zero-order chi connectivity index (χ0) is 12.1. The highest BCUT2D eigenvalue weighted by Crippen LogP contribution is 2.33. The van der Waals surface area contributed by atoms with Gasteiger partial charge in [0.2, 0.25) is 0 Å². The lowest BCUT2D eigenvalue weighted by Crippen LogP contribution is -2.31. The fraction of sp³-hybridized carbons (Fsp3) is 0.538. The second kappa shape index (κ2) is 6.38. The molecule has 2 nitrogen and oxygen atoms in total. The lowest BCUT2D eigenvalue weighted by atomic mass is 9.80. The molecule has 1 aromatic carbocycles. The van der Waals surface area contributed by atoms with Gasteiger partial charge in [-0.15, -0.1) is 0 Å². The van der Waals surface area contributed by atoms with E-state index < -0.39 is 0 Å². The molecule has 4 N–H and O–H groups in total. The normalized spacial score (nSPS) is 15.1. The summed E-state index contributed by atoms with van der Waals surface area (Å²) in [6, 6.07) is 8.35. The largest absolute Gasteiger partial charge is 0.330 e. The molecule has 1 rings (SSSR count). The van der Waals surface area contributed by atoms with Gasteiger partial charge < -0.3 is 11.5 Å². The standard InChI is InChI=1S/C13H21BrN2/c1-9(11(7-15)8-16)10(2)12-5-3-4-6-13(12)14/h3-6,9-11H,7-8,15-16H2,1-2H3. The topological polar surface area (TPSA) is 52.0 Å². The van der Waals surface area contributed by atoms with E-state index >= 15 is 0 Å². The summed E-state index contributed by atoms with van der Waals surface area (Å²) in [6.07, 6.45) is 0. The van der Waals surface area contributed by atoms with E-state index in [4.69, 9.17) is 11.5 Å². The molecule has 0 aliphatic rings. The zero-order valence-corrected chi connectivity index (χ0v) is 11.6. The lowest BCUT2D eigenvalue weighted by molar-refractivity contribution is 0.328. The molecule has 0 spiro atoms. The highest BCUT2D eigenvalue weighted by Gasteiger charge is 2.22. The average Bonchev–Trinajstić information content (AvgIpc) is 2.30. The fourth-order valence-corrected chi connectivity index (χ4v) is 2.71. The molecular weight excluding hydrogens is 264 g/mol. The zero-order valence-electron chi connectivity index (χ0n) is 9.99. The quantitative estimate of drug-likeness (QED) is 0.874. The second-order valence-corrected chi connectivity index (χ2v) is 5.26. The SMILES string of the molecule is CC(c1ccccc1Br)C(C)C(CN)CN. The Hall–Kier alpha value is -0.380. The maximum absolute atomic E-state index is 5.75. The Morgan fingerprint density at radius 3 is 2.19 bits per heavy atom. The Morgan fingerprint density at radius 2 is 1.69 bits per heavy atom. The van der Waals surface area contributed by atoms with Crippen molar-refractivity contribution in [3.63, 3.8) is 0 Å². The van der Waals surface area contributed by atoms with E-state index in [1.165, 1.54) is 10.0 Å². The van der Waals surface area contributed by atoms with Crippen LogP contribution in [0.2, 0.25) is 0 Å². The summed E-state index contributed by atoms with van der Waals surface area (Å²) in [6.45, 7) is 5.79. The van der Waals surface area contributed by atoms with Crippen molar-refractivity contribution < 1.29 is 0 Å². The summed E-state index contributed by atoms with van der Waals surface area (Å²) in [7, 11) is 0. The van der Waals surface area contributed by atoms with Crippen molar-refractivity contribution in [1.82, 2.24) is 0 Å². The Balaban J connectivity index is 2.85. The average molecular weight is 285 g/mol. The van der Waals surface area contributed by atoms with Crippen LogP contribution in [0.25, 0.3) is 0 Å². The third-order valence-electron chi connectivity index (χ3n) is 3.53. The van der Waals surface area contributed by atoms with Crippen LogP contribution in [0.5, 0.6) is 0 Å². The lowest BCUT2D eigenvalue weighted by Gasteiger charge is -2.28. The molecule has 0 aliphatic carbocycles. The van der Waals surface area contributed by atoms with Gasteiger partial charge in [-0.3, -0.25) is 0 Å². The van der Waals surface area contributed by atoms with Crippen molar-refractivity contribution in [3.05, 3.63) is 34.3 Å². The Bertz CT molecular complexity index is 323. The molecule has 3 heteroatoms. The van der Waals surface area contributed by atoms with Gasteiger partial charge in [0.1, 0.15) is 0 Å². The molecule has 16 heavy (non-hydrogen) atoms. The summed E-state index contributed by atoms with van der Waals surface area (Å²) >= 11 is 3.60. The van der Waals surface area contributed by atoms with E-state index in [0.29, 0.717) is 30.8 Å². The van der Waals surface area contributed by atoms with E-state index in [-0.39, 0.29) is 0 Å². The fourth-order valence-electron chi connectivity index (χ4n) is 2.06. The molecule has 2 unspecified atom stereocenters. The second-order valence-electron chi connectivity index (χ2n) is 4.40. The number of rotatable bonds is 5. The van der Waals surface area contributed by atoms with Crippen molar-refractivity contribution >= 4 is 15.9 Å². The van der Waals surface area contributed by atoms with Gasteiger partial charge in [-0.25, -0.2) is 0 Å². The van der Waals surface area contributed by atoms with E-state index in [9.17, 15) is 0 Å². The minimum Gasteiger partial charge on any atom is -0.330 e. The molecule has 0 aromatic heterocycles. The monoisotopic (exact) mass is 284 g/mol. The summed E-state index contributed by atoms with van der Waals surface area (Å²) in [5.74, 6) is 1.35. The van der Waals surface area contributed by atoms with E-state index in [2.05, 4.69) is 48.0 Å². The van der Waals surface area contributed by atoms with Gasteiger partial charge >= 0.3 is 0 Å². The van der Waals surface area contributed by atoms with E-state index in [0.717, 1.165) is 0 Å². The summed E-state index contributed by atoms with van der Waals surface area (Å²) in [4.78, 5) is 0. The Labute approximate surface area is 107 Å². The van der Waals surface area contributed by atoms with Crippen LogP contribution in [-0.4, -0.2) is 13.1 Å². The first-order valence-corrected chi connectivity index (χ1v) is 6.55. The molecule has 0 amide bonds. The number of benzene rings is 1. The van der Waals surface area contributed by atoms with Gasteiger partial charge in [-0.2, -0.15) is 0 Å². The molecule has 0 fully saturated rings. The van der Waals surface area contributed by atoms with Gasteiger partial charge in [-0.1, -0.05) is 48.0 Å². The van der Waals surface area contributed by atoms with Gasteiger partial charge in [0.15, 0.2) is 0 Å². The van der Waals surface area contributed by atoms with Crippen molar-refractivity contribution in [2.75, 3.05) is 13.1 Å². The molecule has 0 heterocycles. The van der Waals surface area contributed by atoms with Gasteiger partial charge in [0.05, 0.1) is 0 Å². The molecule has 1 aromatic rings. The van der Waals surface area contributed by atoms with Crippen LogP contribution in [0.15, 0.2) is 28.7 Å². The molecule has 0 saturated heterocycles. The molecule has 90 valence electrons. The molecule has 0 bridgehead atoms. The number of hydrogen-bond donors (Lipinski definition) is 2. The van der Waals surface area contributed by atoms with Crippen LogP contribution in [-0.2, 0) is 0 Å². The molecule has 0 saturated carbocycles. The predicted octanol–water partition coefficient (Wildman–Crippen LogP) is 2.72. The Kier molecular flexibility index (Phi) is 5.46. The number of hydrogen-bond acceptors (Lipinski definition) is 2. The van der Waals surface area contributed by atoms with Crippen LogP contribution in [0, 0.1) is 11.8 Å². The highest BCUT2D eigenvalue weighted by atomic mass is 79.9. The molecular formula is C13H21BrN2. The van der Waals surface area contributed by atoms with Crippen molar-refractivity contribution in [2.45, 2.75) is 19.8 Å². The van der Waals surface area contributed by atoms with Crippen LogP contribution in [0.4, 0.5) is 0 Å². The number of halogens is 1. The van der Waals surface area contributed by atoms with Gasteiger partial charge in [0, 0.05) is 4.47 Å². The van der Waals surface area contributed by atoms with Crippen LogP contribution in [0.1, 0.15) is 25.3 Å².